The molecular formula is C24H26FN3O3S. The van der Waals surface area contributed by atoms with Crippen molar-refractivity contribution >= 4 is 40.2 Å². The largest absolute Gasteiger partial charge is 0.444 e. The van der Waals surface area contributed by atoms with Crippen molar-refractivity contribution in [1.82, 2.24) is 10.3 Å². The van der Waals surface area contributed by atoms with Crippen LogP contribution < -0.4 is 10.6 Å². The number of benzene rings is 2. The lowest BCUT2D eigenvalue weighted by Crippen LogP contribution is -2.33. The van der Waals surface area contributed by atoms with Crippen molar-refractivity contribution < 1.29 is 18.7 Å². The van der Waals surface area contributed by atoms with E-state index in [2.05, 4.69) is 15.6 Å². The Bertz CT molecular complexity index is 1240. The van der Waals surface area contributed by atoms with Crippen LogP contribution >= 0.6 is 11.8 Å². The zero-order valence-electron chi connectivity index (χ0n) is 18.7. The summed E-state index contributed by atoms with van der Waals surface area (Å²) >= 11 is 1.43. The fourth-order valence-corrected chi connectivity index (χ4v) is 4.79. The van der Waals surface area contributed by atoms with Crippen LogP contribution in [0.4, 0.5) is 14.9 Å². The zero-order valence-corrected chi connectivity index (χ0v) is 19.6. The molecule has 0 saturated carbocycles. The lowest BCUT2D eigenvalue weighted by Gasteiger charge is -2.19. The summed E-state index contributed by atoms with van der Waals surface area (Å²) in [6.45, 7) is 9.76. The number of ether oxygens (including phenoxy) is 1. The average molecular weight is 456 g/mol. The van der Waals surface area contributed by atoms with E-state index < -0.39 is 11.7 Å². The molecule has 1 aliphatic rings. The minimum atomic E-state index is -0.571. The Balaban J connectivity index is 1.70. The summed E-state index contributed by atoms with van der Waals surface area (Å²) in [6.07, 6.45) is 1.41. The summed E-state index contributed by atoms with van der Waals surface area (Å²) in [6, 6.07) is 4.84. The number of aromatic nitrogens is 1. The first-order valence-corrected chi connectivity index (χ1v) is 11.4. The van der Waals surface area contributed by atoms with E-state index in [1.165, 1.54) is 17.8 Å². The number of alkyl carbamates (subject to hydrolysis) is 1. The van der Waals surface area contributed by atoms with E-state index in [4.69, 9.17) is 4.74 Å². The Morgan fingerprint density at radius 2 is 1.97 bits per heavy atom. The summed E-state index contributed by atoms with van der Waals surface area (Å²) in [5, 5.41) is 6.61. The standard InChI is InChI=1S/C24H26FN3O3S/c1-12-11-27-21(13(12)2)14-10-17(32-9-8-26-23(30)31-24(3,4)5)19-15(25)6-7-16-20(19)18(14)22(29)28-16/h6-7,10-11,27H,8-9H2,1-5H3,(H,26,30)(H,28,29). The maximum absolute atomic E-state index is 15.0. The Hall–Kier alpha value is -3.00. The highest BCUT2D eigenvalue weighted by molar-refractivity contribution is 7.99. The third kappa shape index (κ3) is 4.07. The second-order valence-electron chi connectivity index (χ2n) is 8.85. The van der Waals surface area contributed by atoms with Gasteiger partial charge in [-0.25, -0.2) is 9.18 Å². The van der Waals surface area contributed by atoms with Crippen molar-refractivity contribution in [2.24, 2.45) is 0 Å². The van der Waals surface area contributed by atoms with E-state index in [1.54, 1.807) is 26.8 Å². The van der Waals surface area contributed by atoms with E-state index >= 15 is 0 Å². The number of thioether (sulfide) groups is 1. The second-order valence-corrected chi connectivity index (χ2v) is 9.98. The first-order chi connectivity index (χ1) is 15.1. The van der Waals surface area contributed by atoms with Gasteiger partial charge < -0.3 is 20.4 Å². The molecule has 4 rings (SSSR count). The van der Waals surface area contributed by atoms with E-state index in [0.717, 1.165) is 22.4 Å². The molecule has 3 N–H and O–H groups in total. The number of hydrogen-bond acceptors (Lipinski definition) is 4. The highest BCUT2D eigenvalue weighted by Gasteiger charge is 2.30. The molecule has 0 bridgehead atoms. The van der Waals surface area contributed by atoms with Gasteiger partial charge in [-0.2, -0.15) is 0 Å². The van der Waals surface area contributed by atoms with Crippen molar-refractivity contribution in [1.29, 1.82) is 0 Å². The van der Waals surface area contributed by atoms with Gasteiger partial charge in [-0.05, 0) is 63.9 Å². The molecule has 0 unspecified atom stereocenters. The zero-order chi connectivity index (χ0) is 23.2. The summed E-state index contributed by atoms with van der Waals surface area (Å²) in [7, 11) is 0. The maximum Gasteiger partial charge on any atom is 0.407 e. The molecule has 32 heavy (non-hydrogen) atoms. The van der Waals surface area contributed by atoms with Crippen LogP contribution in [0, 0.1) is 19.7 Å². The smallest absolute Gasteiger partial charge is 0.407 e. The first-order valence-electron chi connectivity index (χ1n) is 10.4. The average Bonchev–Trinajstić information content (AvgIpc) is 3.21. The van der Waals surface area contributed by atoms with Gasteiger partial charge in [0.05, 0.1) is 5.56 Å². The Morgan fingerprint density at radius 3 is 2.62 bits per heavy atom. The van der Waals surface area contributed by atoms with Crippen LogP contribution in [0.15, 0.2) is 29.3 Å². The Kier molecular flexibility index (Phi) is 5.67. The predicted octanol–water partition coefficient (Wildman–Crippen LogP) is 5.77. The highest BCUT2D eigenvalue weighted by atomic mass is 32.2. The molecule has 0 radical (unpaired) electrons. The number of anilines is 1. The summed E-state index contributed by atoms with van der Waals surface area (Å²) < 4.78 is 20.2. The molecule has 2 amide bonds. The molecule has 1 aromatic heterocycles. The number of carbonyl (C=O) groups is 2. The van der Waals surface area contributed by atoms with Crippen LogP contribution in [-0.4, -0.2) is 34.9 Å². The number of halogens is 1. The summed E-state index contributed by atoms with van der Waals surface area (Å²) in [5.74, 6) is -0.101. The number of H-pyrrole nitrogens is 1. The predicted molar refractivity (Wildman–Crippen MR) is 126 cm³/mol. The molecule has 168 valence electrons. The molecule has 2 aromatic carbocycles. The first kappa shape index (κ1) is 22.2. The van der Waals surface area contributed by atoms with E-state index in [1.807, 2.05) is 26.1 Å². The Morgan fingerprint density at radius 1 is 1.22 bits per heavy atom. The Labute approximate surface area is 190 Å². The van der Waals surface area contributed by atoms with Gasteiger partial charge in [0.1, 0.15) is 11.4 Å². The van der Waals surface area contributed by atoms with Gasteiger partial charge in [-0.1, -0.05) is 0 Å². The van der Waals surface area contributed by atoms with Crippen molar-refractivity contribution in [2.45, 2.75) is 45.1 Å². The van der Waals surface area contributed by atoms with Crippen LogP contribution in [-0.2, 0) is 4.74 Å². The van der Waals surface area contributed by atoms with Crippen molar-refractivity contribution in [3.05, 3.63) is 46.9 Å². The molecule has 6 nitrogen and oxygen atoms in total. The molecule has 0 fully saturated rings. The van der Waals surface area contributed by atoms with Crippen molar-refractivity contribution in [2.75, 3.05) is 17.6 Å². The number of carbonyl (C=O) groups excluding carboxylic acids is 2. The van der Waals surface area contributed by atoms with Crippen LogP contribution in [0.3, 0.4) is 0 Å². The normalized spacial score (nSPS) is 12.9. The number of hydrogen-bond donors (Lipinski definition) is 3. The number of nitrogens with one attached hydrogen (secondary N) is 3. The van der Waals surface area contributed by atoms with Crippen molar-refractivity contribution in [3.63, 3.8) is 0 Å². The third-order valence-electron chi connectivity index (χ3n) is 5.37. The summed E-state index contributed by atoms with van der Waals surface area (Å²) in [4.78, 5) is 28.7. The lowest BCUT2D eigenvalue weighted by molar-refractivity contribution is 0.0531. The topological polar surface area (TPSA) is 83.2 Å². The van der Waals surface area contributed by atoms with Gasteiger partial charge >= 0.3 is 6.09 Å². The van der Waals surface area contributed by atoms with Crippen molar-refractivity contribution in [3.8, 4) is 11.3 Å². The molecule has 8 heteroatoms. The van der Waals surface area contributed by atoms with E-state index in [0.29, 0.717) is 39.2 Å². The van der Waals surface area contributed by atoms with Gasteiger partial charge in [0, 0.05) is 51.1 Å². The molecule has 2 heterocycles. The fourth-order valence-electron chi connectivity index (χ4n) is 3.83. The minimum Gasteiger partial charge on any atom is -0.444 e. The van der Waals surface area contributed by atoms with E-state index in [-0.39, 0.29) is 11.7 Å². The van der Waals surface area contributed by atoms with Crippen LogP contribution in [0.5, 0.6) is 0 Å². The molecular weight excluding hydrogens is 429 g/mol. The number of amides is 2. The van der Waals surface area contributed by atoms with Crippen LogP contribution in [0.25, 0.3) is 22.0 Å². The highest BCUT2D eigenvalue weighted by Crippen LogP contribution is 2.45. The number of aromatic amines is 1. The molecule has 0 saturated heterocycles. The van der Waals surface area contributed by atoms with Crippen LogP contribution in [0.2, 0.25) is 0 Å². The lowest BCUT2D eigenvalue weighted by atomic mass is 9.95. The molecule has 3 aromatic rings. The van der Waals surface area contributed by atoms with E-state index in [9.17, 15) is 14.0 Å². The molecule has 0 spiro atoms. The quantitative estimate of drug-likeness (QED) is 0.337. The SMILES string of the molecule is Cc1c[nH]c(-c2cc(SCCNC(=O)OC(C)(C)C)c3c(F)ccc4c3c2C(=O)N4)c1C. The molecule has 0 atom stereocenters. The second kappa shape index (κ2) is 8.16. The molecule has 0 aliphatic carbocycles. The number of aryl methyl sites for hydroxylation is 1. The molecule has 1 aliphatic heterocycles. The van der Waals surface area contributed by atoms with Gasteiger partial charge in [0.15, 0.2) is 0 Å². The van der Waals surface area contributed by atoms with Gasteiger partial charge in [-0.3, -0.25) is 4.79 Å². The van der Waals surface area contributed by atoms with Gasteiger partial charge in [-0.15, -0.1) is 11.8 Å². The van der Waals surface area contributed by atoms with Gasteiger partial charge in [0.25, 0.3) is 5.91 Å². The fraction of sp³-hybridized carbons (Fsp3) is 0.333. The third-order valence-corrected chi connectivity index (χ3v) is 6.41. The van der Waals surface area contributed by atoms with Gasteiger partial charge in [0.2, 0.25) is 0 Å². The monoisotopic (exact) mass is 455 g/mol. The summed E-state index contributed by atoms with van der Waals surface area (Å²) in [5.41, 5.74) is 4.24. The minimum absolute atomic E-state index is 0.236. The maximum atomic E-state index is 15.0. The van der Waals surface area contributed by atoms with Crippen LogP contribution in [0.1, 0.15) is 42.3 Å². The number of rotatable bonds is 5.